The minimum absolute atomic E-state index is 0.00184. The Hall–Kier alpha value is -8.23. The third kappa shape index (κ3) is 49.0. The summed E-state index contributed by atoms with van der Waals surface area (Å²) in [4.78, 5) is 211. The summed E-state index contributed by atoms with van der Waals surface area (Å²) >= 11 is 0. The molecule has 692 valence electrons. The lowest BCUT2D eigenvalue weighted by atomic mass is 9.98. The highest BCUT2D eigenvalue weighted by Crippen LogP contribution is 2.19. The molecule has 0 aromatic heterocycles. The molecule has 120 heavy (non-hydrogen) atoms. The molecule has 0 fully saturated rings. The van der Waals surface area contributed by atoms with Gasteiger partial charge in [-0.2, -0.15) is 0 Å². The van der Waals surface area contributed by atoms with Gasteiger partial charge in [-0.3, -0.25) is 67.1 Å². The summed E-state index contributed by atoms with van der Waals surface area (Å²) in [5.74, 6) is -14.0. The molecule has 0 aliphatic heterocycles. The molecule has 37 heteroatoms. The third-order valence-corrected chi connectivity index (χ3v) is 19.8. The van der Waals surface area contributed by atoms with Crippen molar-refractivity contribution in [2.75, 3.05) is 39.3 Å². The number of nitrogens with two attached hydrogens (primary N) is 7. The van der Waals surface area contributed by atoms with Gasteiger partial charge in [0.25, 0.3) is 0 Å². The molecule has 0 aliphatic carbocycles. The average Bonchev–Trinajstić information content (AvgIpc) is 0.853. The maximum Gasteiger partial charge on any atom is 0.326 e. The van der Waals surface area contributed by atoms with Crippen LogP contribution in [0.3, 0.4) is 0 Å². The lowest BCUT2D eigenvalue weighted by Crippen LogP contribution is -2.61. The summed E-state index contributed by atoms with van der Waals surface area (Å²) in [6.07, 6.45) is 5.15. The summed E-state index contributed by atoms with van der Waals surface area (Å²) in [6.45, 7) is 27.1. The fraction of sp³-hybridized carbons (Fsp3) is 0.819. The van der Waals surface area contributed by atoms with E-state index >= 15 is 0 Å². The number of hydrogen-bond acceptors (Lipinski definition) is 22. The molecule has 0 unspecified atom stereocenters. The molecule has 0 saturated carbocycles. The number of carboxylic acid groups (broad SMARTS) is 2. The molecule has 0 bridgehead atoms. The zero-order chi connectivity index (χ0) is 91.3. The fourth-order valence-electron chi connectivity index (χ4n) is 13.4. The SMILES string of the molecule is CC(C)C[C@H](NC(=O)[C@H](CCCCN)NC(=O)[C@H](CC(C)C)NC(=O)[C@H](CC(C)C)NC(=O)[C@H](CCCCN)NC(=O)[C@H](CCCCN)NC(=O)[C@H](CC(C)C)NC(=O)[C@H](CC(C)C)NC(=O)[C@H](CCCCN)NC(=O)[C@H](CC(C)C)NC(=O)[C@H](CC(C)C)NC(=O)[C@@H](N)CCCCN)C(=O)N[C@@H](CCC(=O)O)C(=O)N[C@@H](CCCCN)C(=O)O. The van der Waals surface area contributed by atoms with Crippen LogP contribution >= 0.6 is 0 Å². The van der Waals surface area contributed by atoms with Crippen LogP contribution in [0.1, 0.15) is 270 Å². The molecule has 29 N–H and O–H groups in total. The Labute approximate surface area is 712 Å². The van der Waals surface area contributed by atoms with Crippen molar-refractivity contribution in [3.05, 3.63) is 0 Å². The van der Waals surface area contributed by atoms with Gasteiger partial charge >= 0.3 is 11.9 Å². The first-order valence-corrected chi connectivity index (χ1v) is 43.8. The molecule has 0 radical (unpaired) electrons. The number of hydrogen-bond donors (Lipinski definition) is 22. The quantitative estimate of drug-likeness (QED) is 0.0372. The number of aliphatic carboxylic acids is 2. The summed E-state index contributed by atoms with van der Waals surface area (Å²) in [7, 11) is 0. The maximum atomic E-state index is 14.9. The van der Waals surface area contributed by atoms with Gasteiger partial charge < -0.3 is 119 Å². The van der Waals surface area contributed by atoms with Crippen LogP contribution in [0.25, 0.3) is 0 Å². The second kappa shape index (κ2) is 62.8. The van der Waals surface area contributed by atoms with Gasteiger partial charge in [-0.15, -0.1) is 0 Å². The van der Waals surface area contributed by atoms with Crippen molar-refractivity contribution in [2.24, 2.45) is 81.6 Å². The monoisotopic (exact) mass is 1710 g/mol. The lowest BCUT2D eigenvalue weighted by molar-refractivity contribution is -0.143. The second-order valence-electron chi connectivity index (χ2n) is 34.8. The highest BCUT2D eigenvalue weighted by molar-refractivity contribution is 6.00. The van der Waals surface area contributed by atoms with E-state index in [9.17, 15) is 82.1 Å². The summed E-state index contributed by atoms with van der Waals surface area (Å²) < 4.78 is 0. The predicted molar refractivity (Wildman–Crippen MR) is 461 cm³/mol. The molecule has 37 nitrogen and oxygen atoms in total. The molecule has 14 atom stereocenters. The second-order valence-corrected chi connectivity index (χ2v) is 34.8. The minimum Gasteiger partial charge on any atom is -0.481 e. The zero-order valence-electron chi connectivity index (χ0n) is 74.5. The number of unbranched alkanes of at least 4 members (excludes halogenated alkanes) is 6. The van der Waals surface area contributed by atoms with Crippen LogP contribution in [0.5, 0.6) is 0 Å². The van der Waals surface area contributed by atoms with Crippen molar-refractivity contribution in [2.45, 2.75) is 355 Å². The topological polar surface area (TPSA) is 635 Å². The number of carbonyl (C=O) groups excluding carboxylic acids is 13. The Morgan fingerprint density at radius 1 is 0.208 bits per heavy atom. The van der Waals surface area contributed by atoms with E-state index in [0.29, 0.717) is 90.0 Å². The van der Waals surface area contributed by atoms with E-state index in [4.69, 9.17) is 40.1 Å². The van der Waals surface area contributed by atoms with Crippen LogP contribution in [-0.4, -0.2) is 223 Å². The molecule has 0 heterocycles. The molecule has 0 rings (SSSR count). The molecular formula is C83H158N20O17. The van der Waals surface area contributed by atoms with Crippen molar-refractivity contribution < 1.29 is 82.1 Å². The Balaban J connectivity index is 7.37. The number of nitrogens with one attached hydrogen (secondary N) is 13. The van der Waals surface area contributed by atoms with E-state index in [1.54, 1.807) is 41.5 Å². The number of carbonyl (C=O) groups is 15. The molecule has 0 spiro atoms. The summed E-state index contributed by atoms with van der Waals surface area (Å²) in [5.41, 5.74) is 41.0. The van der Waals surface area contributed by atoms with E-state index in [1.807, 2.05) is 55.4 Å². The first-order chi connectivity index (χ1) is 56.5. The van der Waals surface area contributed by atoms with Gasteiger partial charge in [0.15, 0.2) is 0 Å². The Kier molecular flexibility index (Phi) is 58.5. The Bertz CT molecular complexity index is 3110. The van der Waals surface area contributed by atoms with Crippen LogP contribution in [0.2, 0.25) is 0 Å². The van der Waals surface area contributed by atoms with Gasteiger partial charge in [0.05, 0.1) is 6.04 Å². The van der Waals surface area contributed by atoms with Gasteiger partial charge in [-0.25, -0.2) is 4.79 Å². The Morgan fingerprint density at radius 3 is 0.533 bits per heavy atom. The molecule has 0 saturated heterocycles. The van der Waals surface area contributed by atoms with Crippen LogP contribution in [0, 0.1) is 41.4 Å². The van der Waals surface area contributed by atoms with Crippen molar-refractivity contribution in [1.29, 1.82) is 0 Å². The number of amides is 13. The van der Waals surface area contributed by atoms with Crippen LogP contribution < -0.4 is 109 Å². The number of carboxylic acids is 2. The van der Waals surface area contributed by atoms with Gasteiger partial charge in [0.1, 0.15) is 78.5 Å². The minimum atomic E-state index is -1.54. The number of rotatable bonds is 68. The van der Waals surface area contributed by atoms with Gasteiger partial charge in [-0.05, 0) is 241 Å². The van der Waals surface area contributed by atoms with Crippen molar-refractivity contribution in [3.8, 4) is 0 Å². The van der Waals surface area contributed by atoms with E-state index in [1.165, 1.54) is 0 Å². The van der Waals surface area contributed by atoms with Crippen LogP contribution in [0.15, 0.2) is 0 Å². The van der Waals surface area contributed by atoms with Crippen molar-refractivity contribution >= 4 is 88.7 Å². The third-order valence-electron chi connectivity index (χ3n) is 19.8. The smallest absolute Gasteiger partial charge is 0.326 e. The highest BCUT2D eigenvalue weighted by atomic mass is 16.4. The average molecular weight is 1710 g/mol. The standard InChI is InChI=1S/C83H158N20O17/c1-48(2)41-62(97-70(106)55(90)27-15-21-35-84)80(116)101-64(43-50(5)6)77(113)94-59(31-19-25-39-88)74(110)100-68(47-54(13)14)82(118)102-65(44-51(7)8)76(112)92-56(28-16-22-36-85)71(107)91-57(29-17-23-37-86)72(108)99-67(46-53(11)12)81(117)103-66(45-52(9)10)78(114)93-58(30-18-24-38-87)73(109)98-63(42-49(3)4)79(115)95-60(33-34-69(104)105)75(111)96-61(83(119)120)32-20-26-40-89/h48-68H,15-47,84-90H2,1-14H3,(H,91,107)(H,92,112)(H,93,114)(H,94,113)(H,95,115)(H,96,111)(H,97,106)(H,98,109)(H,99,108)(H,100,110)(H,101,116)(H,102,118)(H,103,117)(H,104,105)(H,119,120)/t55-,56-,57-,58-,59-,60-,61-,62-,63-,64-,65-,66-,67-,68-/m0/s1. The molecular weight excluding hydrogens is 1550 g/mol. The Morgan fingerprint density at radius 2 is 0.358 bits per heavy atom. The van der Waals surface area contributed by atoms with Crippen LogP contribution in [-0.2, 0) is 71.9 Å². The van der Waals surface area contributed by atoms with Gasteiger partial charge in [0.2, 0.25) is 76.8 Å². The summed E-state index contributed by atoms with van der Waals surface area (Å²) in [6, 6.07) is -17.9. The molecule has 0 aromatic carbocycles. The highest BCUT2D eigenvalue weighted by Gasteiger charge is 2.39. The van der Waals surface area contributed by atoms with E-state index in [2.05, 4.69) is 69.1 Å². The molecule has 13 amide bonds. The van der Waals surface area contributed by atoms with Crippen LogP contribution in [0.4, 0.5) is 0 Å². The van der Waals surface area contributed by atoms with Crippen molar-refractivity contribution in [3.63, 3.8) is 0 Å². The van der Waals surface area contributed by atoms with E-state index in [-0.39, 0.29) is 151 Å². The molecule has 0 aliphatic rings. The van der Waals surface area contributed by atoms with E-state index in [0.717, 1.165) is 0 Å². The maximum absolute atomic E-state index is 14.9. The fourth-order valence-corrected chi connectivity index (χ4v) is 13.4. The zero-order valence-corrected chi connectivity index (χ0v) is 74.5. The first-order valence-electron chi connectivity index (χ1n) is 43.8. The molecule has 0 aromatic rings. The van der Waals surface area contributed by atoms with Gasteiger partial charge in [0, 0.05) is 6.42 Å². The summed E-state index contributed by atoms with van der Waals surface area (Å²) in [5, 5.41) is 55.1. The normalized spacial score (nSPS) is 15.1. The van der Waals surface area contributed by atoms with E-state index < -0.39 is 186 Å². The van der Waals surface area contributed by atoms with Crippen molar-refractivity contribution in [1.82, 2.24) is 69.1 Å². The first kappa shape index (κ1) is 112. The van der Waals surface area contributed by atoms with Gasteiger partial charge in [-0.1, -0.05) is 103 Å². The predicted octanol–water partition coefficient (Wildman–Crippen LogP) is 0.662. The largest absolute Gasteiger partial charge is 0.481 e. The lowest BCUT2D eigenvalue weighted by Gasteiger charge is -2.30.